The van der Waals surface area contributed by atoms with Crippen molar-refractivity contribution in [2.75, 3.05) is 6.79 Å². The van der Waals surface area contributed by atoms with Crippen LogP contribution < -0.4 is 4.74 Å². The van der Waals surface area contributed by atoms with Gasteiger partial charge >= 0.3 is 0 Å². The summed E-state index contributed by atoms with van der Waals surface area (Å²) in [5.74, 6) is 0.814. The van der Waals surface area contributed by atoms with Crippen molar-refractivity contribution in [2.45, 2.75) is 13.5 Å². The molecule has 0 aliphatic carbocycles. The van der Waals surface area contributed by atoms with Crippen molar-refractivity contribution in [1.29, 1.82) is 0 Å². The number of hydrogen-bond donors (Lipinski definition) is 1. The minimum atomic E-state index is 0.164. The first-order valence-electron chi connectivity index (χ1n) is 5.79. The molecule has 2 aromatic rings. The Bertz CT molecular complexity index is 474. The van der Waals surface area contributed by atoms with E-state index in [1.54, 1.807) is 12.1 Å². The maximum Gasteiger partial charge on any atom is 0.189 e. The van der Waals surface area contributed by atoms with E-state index in [2.05, 4.69) is 0 Å². The fourth-order valence-corrected chi connectivity index (χ4v) is 1.66. The molecule has 0 aliphatic rings. The van der Waals surface area contributed by atoms with E-state index >= 15 is 0 Å². The summed E-state index contributed by atoms with van der Waals surface area (Å²) < 4.78 is 10.8. The minimum absolute atomic E-state index is 0.164. The third-order valence-corrected chi connectivity index (χ3v) is 2.46. The lowest BCUT2D eigenvalue weighted by atomic mass is 10.2. The van der Waals surface area contributed by atoms with E-state index in [9.17, 15) is 5.11 Å². The fraction of sp³-hybridized carbons (Fsp3) is 0.200. The molecule has 0 aromatic heterocycles. The largest absolute Gasteiger partial charge is 0.508 e. The summed E-state index contributed by atoms with van der Waals surface area (Å²) in [4.78, 5) is 0. The van der Waals surface area contributed by atoms with Crippen molar-refractivity contribution in [1.82, 2.24) is 0 Å². The molecule has 0 unspecified atom stereocenters. The standard InChI is InChI=1S/C15H16O3/c1-12-7-14(16)9-15(8-12)18-11-17-10-13-5-3-2-4-6-13/h2-9,16H,10-11H2,1H3. The molecule has 0 saturated heterocycles. The van der Waals surface area contributed by atoms with Gasteiger partial charge in [0.2, 0.25) is 0 Å². The molecule has 3 heteroatoms. The molecule has 0 fully saturated rings. The van der Waals surface area contributed by atoms with E-state index in [-0.39, 0.29) is 12.5 Å². The highest BCUT2D eigenvalue weighted by Crippen LogP contribution is 2.21. The van der Waals surface area contributed by atoms with Gasteiger partial charge in [0.25, 0.3) is 0 Å². The molecule has 0 atom stereocenters. The van der Waals surface area contributed by atoms with Gasteiger partial charge in [-0.2, -0.15) is 0 Å². The molecule has 1 N–H and O–H groups in total. The normalized spacial score (nSPS) is 10.3. The van der Waals surface area contributed by atoms with Crippen molar-refractivity contribution < 1.29 is 14.6 Å². The third-order valence-electron chi connectivity index (χ3n) is 2.46. The van der Waals surface area contributed by atoms with Crippen LogP contribution in [-0.2, 0) is 11.3 Å². The Balaban J connectivity index is 1.78. The molecule has 0 spiro atoms. The quantitative estimate of drug-likeness (QED) is 0.648. The zero-order valence-electron chi connectivity index (χ0n) is 10.3. The van der Waals surface area contributed by atoms with Crippen molar-refractivity contribution >= 4 is 0 Å². The lowest BCUT2D eigenvalue weighted by Gasteiger charge is -2.08. The van der Waals surface area contributed by atoms with Crippen molar-refractivity contribution in [3.8, 4) is 11.5 Å². The predicted molar refractivity (Wildman–Crippen MR) is 69.6 cm³/mol. The predicted octanol–water partition coefficient (Wildman–Crippen LogP) is 3.25. The van der Waals surface area contributed by atoms with E-state index in [0.717, 1.165) is 11.1 Å². The topological polar surface area (TPSA) is 38.7 Å². The molecule has 0 saturated carbocycles. The fourth-order valence-electron chi connectivity index (χ4n) is 1.66. The molecule has 0 aliphatic heterocycles. The number of aryl methyl sites for hydroxylation is 1. The van der Waals surface area contributed by atoms with E-state index in [0.29, 0.717) is 12.4 Å². The second-order valence-electron chi connectivity index (χ2n) is 4.10. The molecule has 0 heterocycles. The van der Waals surface area contributed by atoms with Gasteiger partial charge in [0, 0.05) is 6.07 Å². The first-order chi connectivity index (χ1) is 8.74. The van der Waals surface area contributed by atoms with Gasteiger partial charge in [-0.1, -0.05) is 30.3 Å². The Kier molecular flexibility index (Phi) is 4.20. The molecule has 2 rings (SSSR count). The first-order valence-corrected chi connectivity index (χ1v) is 5.79. The average molecular weight is 244 g/mol. The maximum absolute atomic E-state index is 9.41. The minimum Gasteiger partial charge on any atom is -0.508 e. The summed E-state index contributed by atoms with van der Waals surface area (Å²) in [6.45, 7) is 2.58. The van der Waals surface area contributed by atoms with E-state index in [4.69, 9.17) is 9.47 Å². The maximum atomic E-state index is 9.41. The number of benzene rings is 2. The molecule has 18 heavy (non-hydrogen) atoms. The smallest absolute Gasteiger partial charge is 0.189 e. The van der Waals surface area contributed by atoms with Crippen molar-refractivity contribution in [3.05, 3.63) is 59.7 Å². The highest BCUT2D eigenvalue weighted by Gasteiger charge is 1.98. The molecule has 3 nitrogen and oxygen atoms in total. The van der Waals surface area contributed by atoms with E-state index in [1.165, 1.54) is 0 Å². The third kappa shape index (κ3) is 3.79. The Morgan fingerprint density at radius 1 is 1.06 bits per heavy atom. The Labute approximate surface area is 107 Å². The molecule has 94 valence electrons. The van der Waals surface area contributed by atoms with Gasteiger partial charge in [-0.25, -0.2) is 0 Å². The zero-order valence-corrected chi connectivity index (χ0v) is 10.3. The highest BCUT2D eigenvalue weighted by atomic mass is 16.7. The summed E-state index contributed by atoms with van der Waals surface area (Å²) in [6, 6.07) is 15.0. The van der Waals surface area contributed by atoms with Crippen molar-refractivity contribution in [3.63, 3.8) is 0 Å². The molecular weight excluding hydrogens is 228 g/mol. The van der Waals surface area contributed by atoms with Crippen LogP contribution in [0.25, 0.3) is 0 Å². The monoisotopic (exact) mass is 244 g/mol. The lowest BCUT2D eigenvalue weighted by Crippen LogP contribution is -2.03. The number of ether oxygens (including phenoxy) is 2. The van der Waals surface area contributed by atoms with Gasteiger partial charge in [0.1, 0.15) is 11.5 Å². The Hall–Kier alpha value is -2.00. The number of phenolic OH excluding ortho intramolecular Hbond substituents is 1. The first kappa shape index (κ1) is 12.5. The second kappa shape index (κ2) is 6.07. The van der Waals surface area contributed by atoms with Gasteiger partial charge in [0.05, 0.1) is 6.61 Å². The average Bonchev–Trinajstić information content (AvgIpc) is 2.35. The second-order valence-corrected chi connectivity index (χ2v) is 4.10. The van der Waals surface area contributed by atoms with Gasteiger partial charge in [-0.3, -0.25) is 0 Å². The summed E-state index contributed by atoms with van der Waals surface area (Å²) in [6.07, 6.45) is 0. The van der Waals surface area contributed by atoms with E-state index < -0.39 is 0 Å². The van der Waals surface area contributed by atoms with Crippen LogP contribution >= 0.6 is 0 Å². The number of phenols is 1. The van der Waals surface area contributed by atoms with Gasteiger partial charge in [-0.05, 0) is 30.2 Å². The van der Waals surface area contributed by atoms with Crippen molar-refractivity contribution in [2.24, 2.45) is 0 Å². The summed E-state index contributed by atoms with van der Waals surface area (Å²) in [5, 5.41) is 9.41. The van der Waals surface area contributed by atoms with Gasteiger partial charge < -0.3 is 14.6 Å². The summed E-state index contributed by atoms with van der Waals surface area (Å²) in [7, 11) is 0. The Morgan fingerprint density at radius 2 is 1.83 bits per heavy atom. The van der Waals surface area contributed by atoms with Gasteiger partial charge in [-0.15, -0.1) is 0 Å². The lowest BCUT2D eigenvalue weighted by molar-refractivity contribution is 0.00494. The van der Waals surface area contributed by atoms with Gasteiger partial charge in [0.15, 0.2) is 6.79 Å². The number of hydrogen-bond acceptors (Lipinski definition) is 3. The van der Waals surface area contributed by atoms with Crippen LogP contribution in [-0.4, -0.2) is 11.9 Å². The molecule has 0 bridgehead atoms. The van der Waals surface area contributed by atoms with E-state index in [1.807, 2.05) is 43.3 Å². The molecule has 0 radical (unpaired) electrons. The van der Waals surface area contributed by atoms with Crippen LogP contribution in [0, 0.1) is 6.92 Å². The number of rotatable bonds is 5. The van der Waals surface area contributed by atoms with Crippen LogP contribution in [0.5, 0.6) is 11.5 Å². The van der Waals surface area contributed by atoms with Crippen LogP contribution in [0.15, 0.2) is 48.5 Å². The number of aromatic hydroxyl groups is 1. The zero-order chi connectivity index (χ0) is 12.8. The highest BCUT2D eigenvalue weighted by molar-refractivity contribution is 5.36. The van der Waals surface area contributed by atoms with Crippen LogP contribution in [0.3, 0.4) is 0 Å². The molecule has 0 amide bonds. The molecular formula is C15H16O3. The Morgan fingerprint density at radius 3 is 2.56 bits per heavy atom. The SMILES string of the molecule is Cc1cc(O)cc(OCOCc2ccccc2)c1. The van der Waals surface area contributed by atoms with Crippen LogP contribution in [0.2, 0.25) is 0 Å². The summed E-state index contributed by atoms with van der Waals surface area (Å²) >= 11 is 0. The molecule has 2 aromatic carbocycles. The van der Waals surface area contributed by atoms with Crippen LogP contribution in [0.4, 0.5) is 0 Å². The van der Waals surface area contributed by atoms with Crippen LogP contribution in [0.1, 0.15) is 11.1 Å². The summed E-state index contributed by atoms with van der Waals surface area (Å²) in [5.41, 5.74) is 2.06.